The first kappa shape index (κ1) is 24.1. The van der Waals surface area contributed by atoms with E-state index in [4.69, 9.17) is 9.47 Å². The molecular weight excluding hydrogens is 446 g/mol. The number of likely N-dealkylation sites (tertiary alicyclic amines) is 1. The number of methoxy groups -OCH3 is 1. The molecule has 8 nitrogen and oxygen atoms in total. The van der Waals surface area contributed by atoms with Crippen LogP contribution in [0.25, 0.3) is 5.76 Å². The number of ketones is 1. The predicted octanol–water partition coefficient (Wildman–Crippen LogP) is 2.41. The molecule has 0 radical (unpaired) electrons. The molecule has 0 saturated carbocycles. The first-order valence-electron chi connectivity index (χ1n) is 11.7. The third-order valence-corrected chi connectivity index (χ3v) is 5.95. The van der Waals surface area contributed by atoms with Gasteiger partial charge >= 0.3 is 0 Å². The lowest BCUT2D eigenvalue weighted by molar-refractivity contribution is -0.695. The van der Waals surface area contributed by atoms with Crippen LogP contribution in [0.3, 0.4) is 0 Å². The van der Waals surface area contributed by atoms with Crippen LogP contribution >= 0.6 is 0 Å². The fourth-order valence-electron chi connectivity index (χ4n) is 4.22. The number of rotatable bonds is 10. The Labute approximate surface area is 204 Å². The molecule has 8 heteroatoms. The van der Waals surface area contributed by atoms with Crippen LogP contribution in [0.4, 0.5) is 0 Å². The van der Waals surface area contributed by atoms with Crippen molar-refractivity contribution in [2.75, 3.05) is 20.3 Å². The molecule has 0 aliphatic carbocycles. The number of aromatic nitrogens is 2. The zero-order valence-corrected chi connectivity index (χ0v) is 19.9. The second-order valence-electron chi connectivity index (χ2n) is 8.33. The van der Waals surface area contributed by atoms with Crippen molar-refractivity contribution in [1.82, 2.24) is 9.88 Å². The summed E-state index contributed by atoms with van der Waals surface area (Å²) in [5.41, 5.74) is 0.950. The Kier molecular flexibility index (Phi) is 7.50. The maximum atomic E-state index is 13.6. The second kappa shape index (κ2) is 10.9. The van der Waals surface area contributed by atoms with Crippen LogP contribution in [0.15, 0.2) is 72.8 Å². The van der Waals surface area contributed by atoms with Crippen molar-refractivity contribution in [1.29, 1.82) is 0 Å². The molecule has 2 aromatic carbocycles. The minimum atomic E-state index is -0.787. The lowest BCUT2D eigenvalue weighted by atomic mass is 9.95. The van der Waals surface area contributed by atoms with Gasteiger partial charge in [-0.3, -0.25) is 14.6 Å². The van der Waals surface area contributed by atoms with E-state index in [1.807, 2.05) is 36.3 Å². The number of Topliss-reactive ketones (excluding diaryl/α,β-unsaturated/α-hetero) is 1. The minimum Gasteiger partial charge on any atom is -0.872 e. The Balaban J connectivity index is 1.70. The third-order valence-electron chi connectivity index (χ3n) is 5.95. The van der Waals surface area contributed by atoms with Crippen molar-refractivity contribution in [2.45, 2.75) is 32.4 Å². The van der Waals surface area contributed by atoms with Crippen molar-refractivity contribution in [3.8, 4) is 11.5 Å². The normalized spacial score (nSPS) is 17.1. The highest BCUT2D eigenvalue weighted by Crippen LogP contribution is 2.39. The summed E-state index contributed by atoms with van der Waals surface area (Å²) in [6.07, 6.45) is 7.02. The Morgan fingerprint density at radius 2 is 1.94 bits per heavy atom. The van der Waals surface area contributed by atoms with Gasteiger partial charge in [0.2, 0.25) is 12.1 Å². The number of ether oxygens (including phenoxy) is 2. The van der Waals surface area contributed by atoms with Gasteiger partial charge in [0.15, 0.2) is 0 Å². The summed E-state index contributed by atoms with van der Waals surface area (Å²) in [4.78, 5) is 30.7. The van der Waals surface area contributed by atoms with Crippen LogP contribution in [-0.2, 0) is 16.1 Å². The second-order valence-corrected chi connectivity index (χ2v) is 8.33. The van der Waals surface area contributed by atoms with Gasteiger partial charge in [-0.2, -0.15) is 0 Å². The van der Waals surface area contributed by atoms with Gasteiger partial charge in [-0.05, 0) is 41.8 Å². The van der Waals surface area contributed by atoms with E-state index < -0.39 is 23.5 Å². The van der Waals surface area contributed by atoms with E-state index in [-0.39, 0.29) is 5.57 Å². The molecule has 182 valence electrons. The fourth-order valence-corrected chi connectivity index (χ4v) is 4.22. The number of hydrogen-bond acceptors (Lipinski definition) is 5. The molecule has 1 unspecified atom stereocenters. The number of nitrogens with zero attached hydrogens (tertiary/aromatic N) is 2. The number of H-pyrrole nitrogens is 1. The molecule has 1 aromatic heterocycles. The number of aromatic amines is 1. The zero-order valence-electron chi connectivity index (χ0n) is 19.9. The topological polar surface area (TPSA) is 98.6 Å². The Morgan fingerprint density at radius 3 is 2.63 bits per heavy atom. The zero-order chi connectivity index (χ0) is 24.8. The minimum absolute atomic E-state index is 0.0419. The van der Waals surface area contributed by atoms with Gasteiger partial charge in [-0.1, -0.05) is 36.9 Å². The maximum absolute atomic E-state index is 13.6. The van der Waals surface area contributed by atoms with E-state index in [1.54, 1.807) is 49.6 Å². The SMILES string of the molecule is CCCOc1ccc(C([O-])=C2C(=O)C(=O)N(CCC[n+]3cc[nH]c3)C2c2cccc(OC)c2)cc1. The van der Waals surface area contributed by atoms with Crippen molar-refractivity contribution >= 4 is 17.4 Å². The van der Waals surface area contributed by atoms with Crippen LogP contribution in [0.2, 0.25) is 0 Å². The van der Waals surface area contributed by atoms with Crippen LogP contribution in [-0.4, -0.2) is 41.8 Å². The van der Waals surface area contributed by atoms with E-state index in [9.17, 15) is 14.7 Å². The van der Waals surface area contributed by atoms with Gasteiger partial charge < -0.3 is 19.5 Å². The van der Waals surface area contributed by atoms with Crippen molar-refractivity contribution < 1.29 is 28.7 Å². The first-order chi connectivity index (χ1) is 17.0. The summed E-state index contributed by atoms with van der Waals surface area (Å²) in [7, 11) is 1.55. The van der Waals surface area contributed by atoms with E-state index in [0.717, 1.165) is 6.42 Å². The number of aryl methyl sites for hydroxylation is 1. The van der Waals surface area contributed by atoms with Gasteiger partial charge in [0.05, 0.1) is 26.3 Å². The average molecular weight is 476 g/mol. The molecule has 1 N–H and O–H groups in total. The van der Waals surface area contributed by atoms with Gasteiger partial charge in [0.1, 0.15) is 23.9 Å². The van der Waals surface area contributed by atoms with Gasteiger partial charge in [0, 0.05) is 18.5 Å². The quantitative estimate of drug-likeness (QED) is 0.210. The van der Waals surface area contributed by atoms with E-state index in [2.05, 4.69) is 4.98 Å². The predicted molar refractivity (Wildman–Crippen MR) is 127 cm³/mol. The molecule has 3 aromatic rings. The largest absolute Gasteiger partial charge is 0.872 e. The molecule has 4 rings (SSSR count). The molecule has 1 atom stereocenters. The van der Waals surface area contributed by atoms with E-state index in [0.29, 0.717) is 48.7 Å². The van der Waals surface area contributed by atoms with Crippen LogP contribution in [0.1, 0.15) is 36.9 Å². The van der Waals surface area contributed by atoms with Crippen LogP contribution < -0.4 is 19.1 Å². The van der Waals surface area contributed by atoms with Crippen LogP contribution in [0, 0.1) is 0 Å². The number of nitrogens with one attached hydrogen (secondary N) is 1. The Bertz CT molecular complexity index is 1200. The van der Waals surface area contributed by atoms with Gasteiger partial charge in [0.25, 0.3) is 5.91 Å². The van der Waals surface area contributed by atoms with Gasteiger partial charge in [-0.15, -0.1) is 0 Å². The van der Waals surface area contributed by atoms with Crippen LogP contribution in [0.5, 0.6) is 11.5 Å². The molecule has 0 bridgehead atoms. The number of carbonyl (C=O) groups excluding carboxylic acids is 2. The number of amides is 1. The number of hydrogen-bond donors (Lipinski definition) is 1. The average Bonchev–Trinajstić information content (AvgIpc) is 3.49. The number of imidazole rings is 1. The summed E-state index contributed by atoms with van der Waals surface area (Å²) in [5, 5.41) is 13.6. The van der Waals surface area contributed by atoms with Crippen molar-refractivity contribution in [3.05, 3.63) is 84.0 Å². The van der Waals surface area contributed by atoms with E-state index in [1.165, 1.54) is 4.90 Å². The molecule has 1 fully saturated rings. The highest BCUT2D eigenvalue weighted by Gasteiger charge is 2.44. The highest BCUT2D eigenvalue weighted by molar-refractivity contribution is 6.46. The standard InChI is InChI=1S/C27H29N3O5/c1-3-16-35-21-10-8-19(9-11-21)25(31)23-24(20-6-4-7-22(17-20)34-2)30(27(33)26(23)32)14-5-13-29-15-12-28-18-29/h4,6-12,15,17-18,24H,3,5,13-14,16H2,1-2H3,(H,31,32). The molecule has 35 heavy (non-hydrogen) atoms. The smallest absolute Gasteiger partial charge is 0.295 e. The highest BCUT2D eigenvalue weighted by atomic mass is 16.5. The van der Waals surface area contributed by atoms with Crippen molar-refractivity contribution in [2.24, 2.45) is 0 Å². The third kappa shape index (κ3) is 5.21. The summed E-state index contributed by atoms with van der Waals surface area (Å²) in [5.74, 6) is -0.649. The number of benzene rings is 2. The summed E-state index contributed by atoms with van der Waals surface area (Å²) >= 11 is 0. The Hall–Kier alpha value is -4.07. The maximum Gasteiger partial charge on any atom is 0.295 e. The summed E-state index contributed by atoms with van der Waals surface area (Å²) in [6, 6.07) is 13.0. The lowest BCUT2D eigenvalue weighted by Crippen LogP contribution is -2.36. The molecule has 1 saturated heterocycles. The number of carbonyl (C=O) groups is 2. The summed E-state index contributed by atoms with van der Waals surface area (Å²) < 4.78 is 12.9. The monoisotopic (exact) mass is 475 g/mol. The van der Waals surface area contributed by atoms with E-state index >= 15 is 0 Å². The lowest BCUT2D eigenvalue weighted by Gasteiger charge is -2.27. The summed E-state index contributed by atoms with van der Waals surface area (Å²) in [6.45, 7) is 3.57. The molecule has 1 aliphatic heterocycles. The van der Waals surface area contributed by atoms with Crippen molar-refractivity contribution in [3.63, 3.8) is 0 Å². The van der Waals surface area contributed by atoms with Gasteiger partial charge in [-0.25, -0.2) is 4.57 Å². The Morgan fingerprint density at radius 1 is 1.14 bits per heavy atom. The molecule has 1 amide bonds. The fraction of sp³-hybridized carbons (Fsp3) is 0.296. The molecule has 1 aliphatic rings. The molecule has 2 heterocycles. The molecule has 0 spiro atoms. The molecular formula is C27H29N3O5. The first-order valence-corrected chi connectivity index (χ1v) is 11.7.